The van der Waals surface area contributed by atoms with Gasteiger partial charge in [0.1, 0.15) is 12.4 Å². The molecular formula is C17H18BrNO4. The van der Waals surface area contributed by atoms with E-state index in [1.54, 1.807) is 20.4 Å². The average molecular weight is 380 g/mol. The summed E-state index contributed by atoms with van der Waals surface area (Å²) >= 11 is 3.39. The van der Waals surface area contributed by atoms with Gasteiger partial charge in [-0.1, -0.05) is 27.2 Å². The number of hydrogen-bond donors (Lipinski definition) is 0. The van der Waals surface area contributed by atoms with Gasteiger partial charge in [0.15, 0.2) is 18.1 Å². The molecule has 6 heteroatoms. The third kappa shape index (κ3) is 5.49. The molecule has 0 atom stereocenters. The van der Waals surface area contributed by atoms with E-state index in [1.807, 2.05) is 42.5 Å². The third-order valence-corrected chi connectivity index (χ3v) is 3.42. The molecule has 0 saturated heterocycles. The van der Waals surface area contributed by atoms with Gasteiger partial charge >= 0.3 is 0 Å². The largest absolute Gasteiger partial charge is 0.493 e. The van der Waals surface area contributed by atoms with Crippen LogP contribution in [0.25, 0.3) is 0 Å². The molecule has 0 N–H and O–H groups in total. The Morgan fingerprint density at radius 3 is 2.57 bits per heavy atom. The van der Waals surface area contributed by atoms with Gasteiger partial charge < -0.3 is 19.0 Å². The molecule has 0 unspecified atom stereocenters. The molecule has 2 aromatic rings. The predicted octanol–water partition coefficient (Wildman–Crippen LogP) is 3.90. The molecule has 0 bridgehead atoms. The minimum absolute atomic E-state index is 0.357. The number of hydrogen-bond acceptors (Lipinski definition) is 5. The molecule has 0 aliphatic rings. The summed E-state index contributed by atoms with van der Waals surface area (Å²) in [5.41, 5.74) is 0.857. The van der Waals surface area contributed by atoms with Crippen LogP contribution < -0.4 is 14.2 Å². The summed E-state index contributed by atoms with van der Waals surface area (Å²) in [5, 5.41) is 3.91. The number of nitrogens with zero attached hydrogens (tertiary/aromatic N) is 1. The van der Waals surface area contributed by atoms with Crippen molar-refractivity contribution in [3.05, 3.63) is 52.5 Å². The van der Waals surface area contributed by atoms with E-state index in [1.165, 1.54) is 0 Å². The predicted molar refractivity (Wildman–Crippen MR) is 92.7 cm³/mol. The molecular weight excluding hydrogens is 362 g/mol. The van der Waals surface area contributed by atoms with Crippen LogP contribution in [0.5, 0.6) is 17.2 Å². The fourth-order valence-corrected chi connectivity index (χ4v) is 2.22. The van der Waals surface area contributed by atoms with E-state index in [9.17, 15) is 0 Å². The van der Waals surface area contributed by atoms with Crippen molar-refractivity contribution in [1.29, 1.82) is 0 Å². The molecule has 0 aliphatic carbocycles. The van der Waals surface area contributed by atoms with Crippen LogP contribution in [0.1, 0.15) is 5.56 Å². The first-order valence-corrected chi connectivity index (χ1v) is 7.78. The number of oxime groups is 1. The standard InChI is InChI=1S/C17H18BrNO4/c1-20-16-7-6-13(10-17(16)21-2)12-19-23-9-8-22-15-5-3-4-14(18)11-15/h3-7,10-12H,8-9H2,1-2H3/b19-12+. The first-order chi connectivity index (χ1) is 11.2. The van der Waals surface area contributed by atoms with E-state index in [0.29, 0.717) is 24.7 Å². The minimum atomic E-state index is 0.357. The van der Waals surface area contributed by atoms with E-state index in [-0.39, 0.29) is 0 Å². The van der Waals surface area contributed by atoms with Gasteiger partial charge in [-0.25, -0.2) is 0 Å². The van der Waals surface area contributed by atoms with Crippen LogP contribution in [0.15, 0.2) is 52.1 Å². The van der Waals surface area contributed by atoms with Crippen LogP contribution in [0.2, 0.25) is 0 Å². The summed E-state index contributed by atoms with van der Waals surface area (Å²) in [4.78, 5) is 5.18. The Labute approximate surface area is 143 Å². The van der Waals surface area contributed by atoms with Crippen LogP contribution in [-0.2, 0) is 4.84 Å². The average Bonchev–Trinajstić information content (AvgIpc) is 2.57. The van der Waals surface area contributed by atoms with Crippen LogP contribution in [0.4, 0.5) is 0 Å². The fourth-order valence-electron chi connectivity index (χ4n) is 1.84. The van der Waals surface area contributed by atoms with Gasteiger partial charge in [-0.05, 0) is 36.4 Å². The highest BCUT2D eigenvalue weighted by Gasteiger charge is 2.03. The number of ether oxygens (including phenoxy) is 3. The van der Waals surface area contributed by atoms with E-state index in [4.69, 9.17) is 19.0 Å². The van der Waals surface area contributed by atoms with E-state index < -0.39 is 0 Å². The zero-order chi connectivity index (χ0) is 16.5. The summed E-state index contributed by atoms with van der Waals surface area (Å²) < 4.78 is 16.9. The van der Waals surface area contributed by atoms with Crippen molar-refractivity contribution < 1.29 is 19.0 Å². The molecule has 0 aromatic heterocycles. The molecule has 5 nitrogen and oxygen atoms in total. The van der Waals surface area contributed by atoms with Crippen molar-refractivity contribution in [2.45, 2.75) is 0 Å². The quantitative estimate of drug-likeness (QED) is 0.396. The molecule has 2 rings (SSSR count). The van der Waals surface area contributed by atoms with E-state index in [2.05, 4.69) is 21.1 Å². The van der Waals surface area contributed by atoms with Gasteiger partial charge in [0.05, 0.1) is 20.4 Å². The lowest BCUT2D eigenvalue weighted by atomic mass is 10.2. The monoisotopic (exact) mass is 379 g/mol. The maximum absolute atomic E-state index is 5.54. The number of methoxy groups -OCH3 is 2. The minimum Gasteiger partial charge on any atom is -0.493 e. The second-order valence-electron chi connectivity index (χ2n) is 4.49. The second kappa shape index (κ2) is 9.05. The topological polar surface area (TPSA) is 49.3 Å². The number of halogens is 1. The van der Waals surface area contributed by atoms with Crippen molar-refractivity contribution >= 4 is 22.1 Å². The highest BCUT2D eigenvalue weighted by molar-refractivity contribution is 9.10. The summed E-state index contributed by atoms with van der Waals surface area (Å²) in [5.74, 6) is 2.11. The van der Waals surface area contributed by atoms with Crippen molar-refractivity contribution in [2.75, 3.05) is 27.4 Å². The van der Waals surface area contributed by atoms with Gasteiger partial charge in [-0.15, -0.1) is 0 Å². The molecule has 0 amide bonds. The number of benzene rings is 2. The number of rotatable bonds is 8. The lowest BCUT2D eigenvalue weighted by Gasteiger charge is -2.07. The zero-order valence-electron chi connectivity index (χ0n) is 13.0. The highest BCUT2D eigenvalue weighted by Crippen LogP contribution is 2.26. The normalized spacial score (nSPS) is 10.6. The van der Waals surface area contributed by atoms with Gasteiger partial charge in [-0.2, -0.15) is 0 Å². The molecule has 0 fully saturated rings. The molecule has 0 heterocycles. The Bertz CT molecular complexity index is 661. The van der Waals surface area contributed by atoms with Crippen molar-refractivity contribution in [2.24, 2.45) is 5.16 Å². The summed E-state index contributed by atoms with van der Waals surface area (Å²) in [6.45, 7) is 0.774. The van der Waals surface area contributed by atoms with E-state index in [0.717, 1.165) is 15.8 Å². The summed E-state index contributed by atoms with van der Waals surface area (Å²) in [7, 11) is 3.19. The van der Waals surface area contributed by atoms with Crippen molar-refractivity contribution in [3.63, 3.8) is 0 Å². The van der Waals surface area contributed by atoms with E-state index >= 15 is 0 Å². The van der Waals surface area contributed by atoms with Gasteiger partial charge in [0, 0.05) is 10.0 Å². The van der Waals surface area contributed by atoms with Gasteiger partial charge in [-0.3, -0.25) is 0 Å². The summed E-state index contributed by atoms with van der Waals surface area (Å²) in [6.07, 6.45) is 1.61. The van der Waals surface area contributed by atoms with Crippen molar-refractivity contribution in [1.82, 2.24) is 0 Å². The Balaban J connectivity index is 1.76. The highest BCUT2D eigenvalue weighted by atomic mass is 79.9. The fraction of sp³-hybridized carbons (Fsp3) is 0.235. The Kier molecular flexibility index (Phi) is 6.75. The van der Waals surface area contributed by atoms with Gasteiger partial charge in [0.25, 0.3) is 0 Å². The maximum atomic E-state index is 5.54. The molecule has 2 aromatic carbocycles. The van der Waals surface area contributed by atoms with Crippen molar-refractivity contribution in [3.8, 4) is 17.2 Å². The Morgan fingerprint density at radius 1 is 1.00 bits per heavy atom. The first-order valence-electron chi connectivity index (χ1n) is 6.98. The van der Waals surface area contributed by atoms with Crippen LogP contribution in [0.3, 0.4) is 0 Å². The SMILES string of the molecule is COc1ccc(/C=N/OCCOc2cccc(Br)c2)cc1OC. The molecule has 122 valence electrons. The zero-order valence-corrected chi connectivity index (χ0v) is 14.6. The Morgan fingerprint density at radius 2 is 1.83 bits per heavy atom. The molecule has 23 heavy (non-hydrogen) atoms. The molecule has 0 radical (unpaired) electrons. The van der Waals surface area contributed by atoms with Crippen LogP contribution in [-0.4, -0.2) is 33.6 Å². The molecule has 0 aliphatic heterocycles. The lowest BCUT2D eigenvalue weighted by Crippen LogP contribution is -2.04. The molecule has 0 spiro atoms. The maximum Gasteiger partial charge on any atom is 0.161 e. The Hall–Kier alpha value is -2.21. The third-order valence-electron chi connectivity index (χ3n) is 2.92. The second-order valence-corrected chi connectivity index (χ2v) is 5.40. The smallest absolute Gasteiger partial charge is 0.161 e. The summed E-state index contributed by atoms with van der Waals surface area (Å²) in [6, 6.07) is 13.1. The van der Waals surface area contributed by atoms with Gasteiger partial charge in [0.2, 0.25) is 0 Å². The lowest BCUT2D eigenvalue weighted by molar-refractivity contribution is 0.108. The first kappa shape index (κ1) is 17.1. The molecule has 0 saturated carbocycles. The van der Waals surface area contributed by atoms with Crippen LogP contribution in [0, 0.1) is 0 Å². The van der Waals surface area contributed by atoms with Crippen LogP contribution >= 0.6 is 15.9 Å².